The highest BCUT2D eigenvalue weighted by atomic mass is 127. The highest BCUT2D eigenvalue weighted by Crippen LogP contribution is 2.53. The fourth-order valence-corrected chi connectivity index (χ4v) is 9.61. The molecule has 2 aliphatic rings. The maximum absolute atomic E-state index is 13.8. The third kappa shape index (κ3) is 22.7. The zero-order valence-corrected chi connectivity index (χ0v) is 49.4. The molecule has 10 N–H and O–H groups in total. The molecule has 2 aromatic rings. The highest BCUT2D eigenvalue weighted by molar-refractivity contribution is 14.1. The summed E-state index contributed by atoms with van der Waals surface area (Å²) in [7, 11) is 0. The van der Waals surface area contributed by atoms with Crippen molar-refractivity contribution in [3.63, 3.8) is 0 Å². The van der Waals surface area contributed by atoms with E-state index in [0.29, 0.717) is 81.4 Å². The van der Waals surface area contributed by atoms with Crippen LogP contribution >= 0.6 is 22.4 Å². The molecule has 1 saturated carbocycles. The normalized spacial score (nSPS) is 17.9. The van der Waals surface area contributed by atoms with Gasteiger partial charge in [0.15, 0.2) is 0 Å². The largest absolute Gasteiger partial charge is 0.449 e. The molecule has 5 unspecified atom stereocenters. The van der Waals surface area contributed by atoms with Crippen LogP contribution in [0.15, 0.2) is 24.3 Å². The molecule has 0 radical (unpaired) electrons. The van der Waals surface area contributed by atoms with Gasteiger partial charge in [0, 0.05) is 38.1 Å². The average molecular weight is 1190 g/mol. The maximum atomic E-state index is 13.8. The molecule has 77 heavy (non-hydrogen) atoms. The number of benzene rings is 1. The molecule has 0 spiro atoms. The predicted octanol–water partition coefficient (Wildman–Crippen LogP) is 6.17. The number of alkyl carbamates (subject to hydrolysis) is 1. The van der Waals surface area contributed by atoms with Crippen LogP contribution < -0.4 is 43.3 Å². The number of ketones is 1. The summed E-state index contributed by atoms with van der Waals surface area (Å²) in [5, 5.41) is 25.7. The highest BCUT2D eigenvalue weighted by Gasteiger charge is 2.51. The summed E-state index contributed by atoms with van der Waals surface area (Å²) in [6.07, 6.45) is 5.31. The third-order valence-corrected chi connectivity index (χ3v) is 14.6. The van der Waals surface area contributed by atoms with Gasteiger partial charge in [0.1, 0.15) is 24.5 Å². The van der Waals surface area contributed by atoms with Crippen molar-refractivity contribution in [1.82, 2.24) is 41.5 Å². The number of ether oxygens (including phenoxy) is 4. The van der Waals surface area contributed by atoms with Gasteiger partial charge < -0.3 is 67.0 Å². The Labute approximate surface area is 468 Å². The van der Waals surface area contributed by atoms with Crippen molar-refractivity contribution in [3.05, 3.63) is 41.2 Å². The van der Waals surface area contributed by atoms with Crippen LogP contribution in [0.5, 0.6) is 0 Å². The Morgan fingerprint density at radius 3 is 2.06 bits per heavy atom. The number of primary amides is 1. The fraction of sp³-hybridized carbons (Fsp3) is 0.717. The Kier molecular flexibility index (Phi) is 24.5. The number of urea groups is 1. The first-order chi connectivity index (χ1) is 36.0. The van der Waals surface area contributed by atoms with Crippen molar-refractivity contribution in [1.29, 1.82) is 0 Å². The van der Waals surface area contributed by atoms with Crippen molar-refractivity contribution in [2.45, 2.75) is 194 Å². The standard InChI is InChI=1S/C53H87BIN11O11/c1-33(2)44(46(70)60-41(13-12-28-58-47(56)71)45(69)59-36-16-14-35(15-17-36)31-74-49(73)63-54(11)55)61-43(68)23-25-52(8,9)76-29-26-50(4,5)66-42-21-19-38-37(18-20-40(42)64-65-66)39(38)32-75-48(72)62-53(10,57)27-30-77-51(6,7)24-22-34(3)67/h14-17,33,37-39,41,44H,12-13,18-32,57H2,1-11H3,(H,59,69)(H,60,70)(H,61,68)(H,62,72)(H,63,73)(H3,56,58,71)/t37?,38?,39?,41-,44?,53?/m0/s1. The number of Topliss-reactive ketones (excluding diaryl/α,β-unsaturated/α-hetero) is 1. The molecule has 1 aromatic heterocycles. The van der Waals surface area contributed by atoms with Gasteiger partial charge in [-0.2, -0.15) is 0 Å². The number of nitrogens with one attached hydrogen (secondary N) is 6. The lowest BCUT2D eigenvalue weighted by molar-refractivity contribution is -0.132. The minimum Gasteiger partial charge on any atom is -0.449 e. The van der Waals surface area contributed by atoms with Crippen LogP contribution in [0.2, 0.25) is 6.82 Å². The summed E-state index contributed by atoms with van der Waals surface area (Å²) >= 11 is 2.05. The lowest BCUT2D eigenvalue weighted by atomic mass is 9.97. The van der Waals surface area contributed by atoms with Crippen molar-refractivity contribution in [2.75, 3.05) is 31.7 Å². The number of halogens is 1. The minimum absolute atomic E-state index is 0.0297. The van der Waals surface area contributed by atoms with Gasteiger partial charge in [0.2, 0.25) is 17.7 Å². The summed E-state index contributed by atoms with van der Waals surface area (Å²) in [6, 6.07) is 4.03. The van der Waals surface area contributed by atoms with E-state index >= 15 is 0 Å². The van der Waals surface area contributed by atoms with Crippen LogP contribution in [-0.2, 0) is 63.1 Å². The number of amides is 7. The van der Waals surface area contributed by atoms with Gasteiger partial charge in [-0.15, -0.1) is 27.5 Å². The second-order valence-corrected chi connectivity index (χ2v) is 25.0. The zero-order chi connectivity index (χ0) is 57.3. The number of hydrogen-bond donors (Lipinski definition) is 8. The smallest absolute Gasteiger partial charge is 0.408 e. The lowest BCUT2D eigenvalue weighted by Crippen LogP contribution is -2.54. The molecular weight excluding hydrogens is 1100 g/mol. The molecule has 24 heteroatoms. The molecule has 0 saturated heterocycles. The number of aryl methyl sites for hydroxylation is 1. The lowest BCUT2D eigenvalue weighted by Gasteiger charge is -2.31. The van der Waals surface area contributed by atoms with Crippen molar-refractivity contribution < 1.29 is 52.5 Å². The molecular formula is C53H87BIN11O11. The van der Waals surface area contributed by atoms with E-state index in [4.69, 9.17) is 30.4 Å². The van der Waals surface area contributed by atoms with E-state index in [0.717, 1.165) is 37.1 Å². The molecule has 430 valence electrons. The summed E-state index contributed by atoms with van der Waals surface area (Å²) < 4.78 is 25.2. The van der Waals surface area contributed by atoms with Crippen molar-refractivity contribution in [2.24, 2.45) is 35.1 Å². The first-order valence-electron chi connectivity index (χ1n) is 27.0. The predicted molar refractivity (Wildman–Crippen MR) is 302 cm³/mol. The summed E-state index contributed by atoms with van der Waals surface area (Å²) in [6.45, 7) is 21.9. The van der Waals surface area contributed by atoms with Crippen LogP contribution in [0.25, 0.3) is 0 Å². The van der Waals surface area contributed by atoms with Crippen LogP contribution in [0.3, 0.4) is 0 Å². The number of fused-ring (bicyclic) bond motifs is 2. The number of carbonyl (C=O) groups excluding carboxylic acids is 7. The first-order valence-corrected chi connectivity index (χ1v) is 28.3. The van der Waals surface area contributed by atoms with E-state index in [9.17, 15) is 33.6 Å². The van der Waals surface area contributed by atoms with Gasteiger partial charge in [0.05, 0.1) is 47.0 Å². The first kappa shape index (κ1) is 64.5. The second kappa shape index (κ2) is 29.2. The molecule has 1 fully saturated rings. The molecule has 7 amide bonds. The van der Waals surface area contributed by atoms with Gasteiger partial charge in [0.25, 0.3) is 0 Å². The van der Waals surface area contributed by atoms with Gasteiger partial charge in [-0.05, 0) is 155 Å². The Balaban J connectivity index is 1.23. The number of anilines is 1. The average Bonchev–Trinajstić information content (AvgIpc) is 3.81. The number of carbonyl (C=O) groups is 7. The molecule has 6 atom stereocenters. The Bertz CT molecular complexity index is 2310. The van der Waals surface area contributed by atoms with E-state index in [1.807, 2.05) is 61.6 Å². The summed E-state index contributed by atoms with van der Waals surface area (Å²) in [5.41, 5.74) is 12.2. The molecule has 1 heterocycles. The molecule has 4 rings (SSSR count). The van der Waals surface area contributed by atoms with Crippen molar-refractivity contribution in [3.8, 4) is 0 Å². The maximum Gasteiger partial charge on any atom is 0.408 e. The minimum atomic E-state index is -1.03. The van der Waals surface area contributed by atoms with Crippen LogP contribution in [0.1, 0.15) is 150 Å². The van der Waals surface area contributed by atoms with E-state index < -0.39 is 64.5 Å². The fourth-order valence-electron chi connectivity index (χ4n) is 9.36. The van der Waals surface area contributed by atoms with Gasteiger partial charge in [-0.25, -0.2) is 19.1 Å². The van der Waals surface area contributed by atoms with E-state index in [1.54, 1.807) is 52.0 Å². The topological polar surface area (TPSA) is 311 Å². The van der Waals surface area contributed by atoms with E-state index in [2.05, 4.69) is 56.0 Å². The molecule has 22 nitrogen and oxygen atoms in total. The molecule has 0 bridgehead atoms. The molecule has 2 aliphatic carbocycles. The summed E-state index contributed by atoms with van der Waals surface area (Å²) in [5.74, 6) is -0.475. The Morgan fingerprint density at radius 2 is 1.45 bits per heavy atom. The molecule has 0 aliphatic heterocycles. The van der Waals surface area contributed by atoms with Gasteiger partial charge >= 0.3 is 22.9 Å². The number of nitrogens with zero attached hydrogens (tertiary/aromatic N) is 3. The van der Waals surface area contributed by atoms with Gasteiger partial charge in [-0.3, -0.25) is 14.4 Å². The van der Waals surface area contributed by atoms with E-state index in [-0.39, 0.29) is 54.2 Å². The van der Waals surface area contributed by atoms with Crippen LogP contribution in [0.4, 0.5) is 20.1 Å². The molecule has 1 aromatic carbocycles. The third-order valence-electron chi connectivity index (χ3n) is 14.3. The number of aromatic nitrogens is 3. The SMILES string of the molecule is CB(I)NC(=O)OCc1ccc(NC(=O)[C@H](CCCNC(N)=O)NC(=O)C(NC(=O)CCC(C)(C)OCCC(C)(C)n2nnc3c2CCC2C(CC3)C2COC(=O)NC(C)(N)CCOC(C)(C)CCC(C)=O)C(C)C)cc1. The second-order valence-electron chi connectivity index (χ2n) is 23.1. The van der Waals surface area contributed by atoms with Crippen LogP contribution in [0, 0.1) is 23.7 Å². The monoisotopic (exact) mass is 1190 g/mol. The Morgan fingerprint density at radius 1 is 0.831 bits per heavy atom. The Hall–Kier alpha value is -5.08. The zero-order valence-electron chi connectivity index (χ0n) is 47.2. The number of hydrogen-bond acceptors (Lipinski definition) is 14. The number of rotatable bonds is 31. The van der Waals surface area contributed by atoms with Crippen molar-refractivity contribution >= 4 is 74.5 Å². The number of nitrogens with two attached hydrogens (primary N) is 2. The van der Waals surface area contributed by atoms with Gasteiger partial charge in [-0.1, -0.05) is 38.0 Å². The summed E-state index contributed by atoms with van der Waals surface area (Å²) in [4.78, 5) is 88.3. The quantitative estimate of drug-likeness (QED) is 0.0181. The van der Waals surface area contributed by atoms with Crippen LogP contribution in [-0.4, -0.2) is 117 Å². The van der Waals surface area contributed by atoms with E-state index in [1.165, 1.54) is 0 Å².